The van der Waals surface area contributed by atoms with Crippen LogP contribution in [-0.4, -0.2) is 26.2 Å². The first-order valence-electron chi connectivity index (χ1n) is 5.83. The summed E-state index contributed by atoms with van der Waals surface area (Å²) in [6.07, 6.45) is 0.926. The number of ether oxygens (including phenoxy) is 2. The van der Waals surface area contributed by atoms with E-state index in [-0.39, 0.29) is 12.0 Å². The molecular formula is C13H17NO3. The lowest BCUT2D eigenvalue weighted by Crippen LogP contribution is -2.36. The molecule has 0 saturated carbocycles. The van der Waals surface area contributed by atoms with Crippen LogP contribution in [0.4, 0.5) is 0 Å². The van der Waals surface area contributed by atoms with Crippen molar-refractivity contribution in [2.75, 3.05) is 20.3 Å². The Labute approximate surface area is 101 Å². The highest BCUT2D eigenvalue weighted by Gasteiger charge is 2.27. The standard InChI is InChI=1S/C13H17NO3/c1-3-17-13(15)12-11-8-10(16-2)5-4-9(11)6-7-14-12/h4-5,8,12,14H,3,6-7H2,1-2H3. The first kappa shape index (κ1) is 11.9. The molecule has 0 amide bonds. The second kappa shape index (κ2) is 5.19. The summed E-state index contributed by atoms with van der Waals surface area (Å²) >= 11 is 0. The number of methoxy groups -OCH3 is 1. The third kappa shape index (κ3) is 2.42. The van der Waals surface area contributed by atoms with Crippen LogP contribution in [0.15, 0.2) is 18.2 Å². The zero-order valence-corrected chi connectivity index (χ0v) is 10.2. The maximum absolute atomic E-state index is 11.8. The molecule has 1 heterocycles. The smallest absolute Gasteiger partial charge is 0.327 e. The number of carbonyl (C=O) groups excluding carboxylic acids is 1. The molecule has 1 aliphatic heterocycles. The van der Waals surface area contributed by atoms with Gasteiger partial charge in [0.05, 0.1) is 13.7 Å². The molecule has 0 aromatic heterocycles. The van der Waals surface area contributed by atoms with Gasteiger partial charge in [-0.2, -0.15) is 0 Å². The van der Waals surface area contributed by atoms with Crippen molar-refractivity contribution in [1.29, 1.82) is 0 Å². The summed E-state index contributed by atoms with van der Waals surface area (Å²) in [5.74, 6) is 0.545. The van der Waals surface area contributed by atoms with Gasteiger partial charge in [0.25, 0.3) is 0 Å². The molecule has 1 N–H and O–H groups in total. The first-order chi connectivity index (χ1) is 8.26. The van der Waals surface area contributed by atoms with Crippen LogP contribution in [0.2, 0.25) is 0 Å². The van der Waals surface area contributed by atoms with E-state index < -0.39 is 0 Å². The summed E-state index contributed by atoms with van der Waals surface area (Å²) in [6.45, 7) is 3.01. The van der Waals surface area contributed by atoms with E-state index in [9.17, 15) is 4.79 Å². The Morgan fingerprint density at radius 1 is 1.53 bits per heavy atom. The van der Waals surface area contributed by atoms with Crippen LogP contribution < -0.4 is 10.1 Å². The van der Waals surface area contributed by atoms with Crippen molar-refractivity contribution >= 4 is 5.97 Å². The highest BCUT2D eigenvalue weighted by atomic mass is 16.5. The highest BCUT2D eigenvalue weighted by Crippen LogP contribution is 2.27. The fourth-order valence-corrected chi connectivity index (χ4v) is 2.09. The molecule has 1 unspecified atom stereocenters. The molecule has 0 spiro atoms. The topological polar surface area (TPSA) is 47.6 Å². The van der Waals surface area contributed by atoms with Crippen molar-refractivity contribution in [3.63, 3.8) is 0 Å². The predicted molar refractivity (Wildman–Crippen MR) is 64.1 cm³/mol. The number of fused-ring (bicyclic) bond motifs is 1. The lowest BCUT2D eigenvalue weighted by molar-refractivity contribution is -0.146. The minimum atomic E-state index is -0.367. The van der Waals surface area contributed by atoms with Crippen molar-refractivity contribution in [2.45, 2.75) is 19.4 Å². The quantitative estimate of drug-likeness (QED) is 0.805. The van der Waals surface area contributed by atoms with Gasteiger partial charge >= 0.3 is 5.97 Å². The van der Waals surface area contributed by atoms with Crippen molar-refractivity contribution in [1.82, 2.24) is 5.32 Å². The fraction of sp³-hybridized carbons (Fsp3) is 0.462. The Kier molecular flexibility index (Phi) is 3.64. The summed E-state index contributed by atoms with van der Waals surface area (Å²) in [5.41, 5.74) is 2.15. The van der Waals surface area contributed by atoms with Gasteiger partial charge in [-0.25, -0.2) is 4.79 Å². The molecule has 17 heavy (non-hydrogen) atoms. The van der Waals surface area contributed by atoms with Gasteiger partial charge in [-0.1, -0.05) is 6.07 Å². The number of carbonyl (C=O) groups is 1. The summed E-state index contributed by atoms with van der Waals surface area (Å²) in [7, 11) is 1.62. The summed E-state index contributed by atoms with van der Waals surface area (Å²) < 4.78 is 10.3. The maximum atomic E-state index is 11.8. The Bertz CT molecular complexity index is 417. The van der Waals surface area contributed by atoms with E-state index >= 15 is 0 Å². The molecule has 1 aromatic carbocycles. The molecule has 1 atom stereocenters. The van der Waals surface area contributed by atoms with Crippen molar-refractivity contribution < 1.29 is 14.3 Å². The Morgan fingerprint density at radius 2 is 2.35 bits per heavy atom. The van der Waals surface area contributed by atoms with E-state index in [0.717, 1.165) is 24.3 Å². The van der Waals surface area contributed by atoms with Gasteiger partial charge in [-0.15, -0.1) is 0 Å². The maximum Gasteiger partial charge on any atom is 0.327 e. The Morgan fingerprint density at radius 3 is 3.06 bits per heavy atom. The van der Waals surface area contributed by atoms with Crippen LogP contribution in [0.1, 0.15) is 24.1 Å². The summed E-state index contributed by atoms with van der Waals surface area (Å²) in [4.78, 5) is 11.8. The summed E-state index contributed by atoms with van der Waals surface area (Å²) in [6, 6.07) is 5.48. The molecular weight excluding hydrogens is 218 g/mol. The third-order valence-electron chi connectivity index (χ3n) is 2.93. The van der Waals surface area contributed by atoms with Gasteiger partial charge in [-0.05, 0) is 36.6 Å². The molecule has 0 fully saturated rings. The molecule has 1 aliphatic rings. The fourth-order valence-electron chi connectivity index (χ4n) is 2.09. The molecule has 2 rings (SSSR count). The highest BCUT2D eigenvalue weighted by molar-refractivity contribution is 5.78. The monoisotopic (exact) mass is 235 g/mol. The van der Waals surface area contributed by atoms with Gasteiger partial charge in [0.15, 0.2) is 0 Å². The predicted octanol–water partition coefficient (Wildman–Crippen LogP) is 1.45. The minimum Gasteiger partial charge on any atom is -0.497 e. The Hall–Kier alpha value is -1.55. The van der Waals surface area contributed by atoms with E-state index in [2.05, 4.69) is 5.32 Å². The molecule has 0 radical (unpaired) electrons. The average molecular weight is 235 g/mol. The largest absolute Gasteiger partial charge is 0.497 e. The van der Waals surface area contributed by atoms with Gasteiger partial charge in [0.1, 0.15) is 11.8 Å². The SMILES string of the molecule is CCOC(=O)C1NCCc2ccc(OC)cc21. The van der Waals surface area contributed by atoms with E-state index in [1.807, 2.05) is 25.1 Å². The Balaban J connectivity index is 2.31. The van der Waals surface area contributed by atoms with Gasteiger partial charge in [0.2, 0.25) is 0 Å². The molecule has 0 bridgehead atoms. The average Bonchev–Trinajstić information content (AvgIpc) is 2.37. The summed E-state index contributed by atoms with van der Waals surface area (Å²) in [5, 5.41) is 3.18. The van der Waals surface area contributed by atoms with E-state index in [1.165, 1.54) is 5.56 Å². The number of hydrogen-bond acceptors (Lipinski definition) is 4. The van der Waals surface area contributed by atoms with E-state index in [1.54, 1.807) is 7.11 Å². The number of rotatable bonds is 3. The van der Waals surface area contributed by atoms with Gasteiger partial charge < -0.3 is 14.8 Å². The molecule has 4 heteroatoms. The van der Waals surface area contributed by atoms with Crippen LogP contribution >= 0.6 is 0 Å². The van der Waals surface area contributed by atoms with Crippen LogP contribution in [0, 0.1) is 0 Å². The number of hydrogen-bond donors (Lipinski definition) is 1. The van der Waals surface area contributed by atoms with Crippen molar-refractivity contribution in [3.8, 4) is 5.75 Å². The molecule has 1 aromatic rings. The van der Waals surface area contributed by atoms with Crippen molar-refractivity contribution in [2.24, 2.45) is 0 Å². The van der Waals surface area contributed by atoms with Crippen LogP contribution in [-0.2, 0) is 16.0 Å². The lowest BCUT2D eigenvalue weighted by Gasteiger charge is -2.25. The van der Waals surface area contributed by atoms with Crippen LogP contribution in [0.5, 0.6) is 5.75 Å². The molecule has 4 nitrogen and oxygen atoms in total. The van der Waals surface area contributed by atoms with Gasteiger partial charge in [-0.3, -0.25) is 0 Å². The zero-order valence-electron chi connectivity index (χ0n) is 10.2. The van der Waals surface area contributed by atoms with E-state index in [0.29, 0.717) is 6.61 Å². The van der Waals surface area contributed by atoms with Crippen molar-refractivity contribution in [3.05, 3.63) is 29.3 Å². The number of benzene rings is 1. The second-order valence-electron chi connectivity index (χ2n) is 3.95. The molecule has 0 aliphatic carbocycles. The first-order valence-corrected chi connectivity index (χ1v) is 5.83. The number of nitrogens with one attached hydrogen (secondary N) is 1. The zero-order chi connectivity index (χ0) is 12.3. The van der Waals surface area contributed by atoms with Crippen LogP contribution in [0.3, 0.4) is 0 Å². The molecule has 92 valence electrons. The lowest BCUT2D eigenvalue weighted by atomic mass is 9.94. The minimum absolute atomic E-state index is 0.221. The third-order valence-corrected chi connectivity index (χ3v) is 2.93. The van der Waals surface area contributed by atoms with Crippen LogP contribution in [0.25, 0.3) is 0 Å². The molecule has 0 saturated heterocycles. The normalized spacial score (nSPS) is 18.4. The number of esters is 1. The van der Waals surface area contributed by atoms with Gasteiger partial charge in [0, 0.05) is 6.54 Å². The second-order valence-corrected chi connectivity index (χ2v) is 3.95. The van der Waals surface area contributed by atoms with E-state index in [4.69, 9.17) is 9.47 Å².